The van der Waals surface area contributed by atoms with Crippen LogP contribution in [0.4, 0.5) is 0 Å². The van der Waals surface area contributed by atoms with Crippen molar-refractivity contribution in [3.8, 4) is 0 Å². The molecular weight excluding hydrogens is 318 g/mol. The number of halogens is 1. The number of hydrogen-bond acceptors (Lipinski definition) is 4. The Hall–Kier alpha value is -0.920. The lowest BCUT2D eigenvalue weighted by Crippen LogP contribution is -2.28. The van der Waals surface area contributed by atoms with Crippen molar-refractivity contribution in [2.75, 3.05) is 6.54 Å². The smallest absolute Gasteiger partial charge is 0.242 e. The molecule has 0 aliphatic carbocycles. The van der Waals surface area contributed by atoms with E-state index >= 15 is 0 Å². The predicted molar refractivity (Wildman–Crippen MR) is 80.7 cm³/mol. The largest absolute Gasteiger partial charge is 0.386 e. The van der Waals surface area contributed by atoms with E-state index in [0.717, 1.165) is 10.4 Å². The van der Waals surface area contributed by atoms with Crippen molar-refractivity contribution in [3.63, 3.8) is 0 Å². The highest BCUT2D eigenvalue weighted by Gasteiger charge is 2.20. The van der Waals surface area contributed by atoms with E-state index in [1.165, 1.54) is 23.5 Å². The first-order chi connectivity index (χ1) is 9.42. The van der Waals surface area contributed by atoms with Gasteiger partial charge >= 0.3 is 0 Å². The summed E-state index contributed by atoms with van der Waals surface area (Å²) in [7, 11) is -3.73. The minimum Gasteiger partial charge on any atom is -0.386 e. The van der Waals surface area contributed by atoms with Crippen LogP contribution >= 0.6 is 22.9 Å². The number of sulfonamides is 1. The molecule has 2 aromatic rings. The topological polar surface area (TPSA) is 66.4 Å². The third kappa shape index (κ3) is 3.39. The number of thiophene rings is 1. The molecule has 1 aromatic heterocycles. The average Bonchev–Trinajstić information content (AvgIpc) is 2.83. The molecule has 0 fully saturated rings. The van der Waals surface area contributed by atoms with E-state index < -0.39 is 16.1 Å². The first-order valence-corrected chi connectivity index (χ1v) is 8.62. The quantitative estimate of drug-likeness (QED) is 0.885. The van der Waals surface area contributed by atoms with Gasteiger partial charge in [-0.1, -0.05) is 23.7 Å². The molecule has 0 amide bonds. The van der Waals surface area contributed by atoms with E-state index in [1.807, 2.05) is 18.4 Å². The highest BCUT2D eigenvalue weighted by Crippen LogP contribution is 2.24. The van der Waals surface area contributed by atoms with Crippen molar-refractivity contribution in [2.24, 2.45) is 0 Å². The number of aryl methyl sites for hydroxylation is 1. The first-order valence-electron chi connectivity index (χ1n) is 5.88. The van der Waals surface area contributed by atoms with Crippen molar-refractivity contribution < 1.29 is 13.5 Å². The van der Waals surface area contributed by atoms with Crippen molar-refractivity contribution >= 4 is 33.0 Å². The lowest BCUT2D eigenvalue weighted by atomic mass is 10.2. The van der Waals surface area contributed by atoms with Gasteiger partial charge in [0.15, 0.2) is 0 Å². The summed E-state index contributed by atoms with van der Waals surface area (Å²) in [5.74, 6) is 0. The molecular formula is C13H14ClNO3S2. The molecule has 0 aliphatic rings. The number of nitrogens with one attached hydrogen (secondary N) is 1. The van der Waals surface area contributed by atoms with E-state index in [4.69, 9.17) is 11.6 Å². The molecule has 0 saturated heterocycles. The summed E-state index contributed by atoms with van der Waals surface area (Å²) in [6.07, 6.45) is -0.868. The summed E-state index contributed by atoms with van der Waals surface area (Å²) >= 11 is 7.27. The van der Waals surface area contributed by atoms with Gasteiger partial charge in [-0.2, -0.15) is 0 Å². The lowest BCUT2D eigenvalue weighted by Gasteiger charge is -2.12. The zero-order valence-electron chi connectivity index (χ0n) is 10.7. The normalized spacial score (nSPS) is 13.3. The maximum Gasteiger partial charge on any atom is 0.242 e. The van der Waals surface area contributed by atoms with Gasteiger partial charge in [0, 0.05) is 11.4 Å². The summed E-state index contributed by atoms with van der Waals surface area (Å²) in [6, 6.07) is 8.07. The Morgan fingerprint density at radius 3 is 2.65 bits per heavy atom. The molecule has 0 bridgehead atoms. The fraction of sp³-hybridized carbons (Fsp3) is 0.231. The Bertz CT molecular complexity index is 697. The molecule has 7 heteroatoms. The number of benzene rings is 1. The van der Waals surface area contributed by atoms with Crippen LogP contribution in [-0.2, 0) is 10.0 Å². The Balaban J connectivity index is 2.11. The molecule has 1 aromatic carbocycles. The van der Waals surface area contributed by atoms with Crippen molar-refractivity contribution in [1.82, 2.24) is 4.72 Å². The second kappa shape index (κ2) is 6.24. The van der Waals surface area contributed by atoms with E-state index in [1.54, 1.807) is 12.1 Å². The summed E-state index contributed by atoms with van der Waals surface area (Å²) in [6.45, 7) is 1.78. The van der Waals surface area contributed by atoms with Gasteiger partial charge in [-0.25, -0.2) is 13.1 Å². The highest BCUT2D eigenvalue weighted by molar-refractivity contribution is 7.89. The van der Waals surface area contributed by atoms with E-state index in [0.29, 0.717) is 0 Å². The molecule has 2 rings (SSSR count). The minimum absolute atomic E-state index is 0.0109. The summed E-state index contributed by atoms with van der Waals surface area (Å²) in [5.41, 5.74) is 0.944. The van der Waals surface area contributed by atoms with E-state index in [9.17, 15) is 13.5 Å². The number of aliphatic hydroxyl groups is 1. The van der Waals surface area contributed by atoms with Crippen LogP contribution in [0, 0.1) is 6.92 Å². The van der Waals surface area contributed by atoms with E-state index in [2.05, 4.69) is 4.72 Å². The summed E-state index contributed by atoms with van der Waals surface area (Å²) in [4.78, 5) is 0.767. The van der Waals surface area contributed by atoms with Gasteiger partial charge in [0.25, 0.3) is 0 Å². The van der Waals surface area contributed by atoms with Crippen LogP contribution in [0.1, 0.15) is 16.5 Å². The molecule has 0 spiro atoms. The van der Waals surface area contributed by atoms with Crippen LogP contribution in [0.5, 0.6) is 0 Å². The van der Waals surface area contributed by atoms with Gasteiger partial charge in [-0.3, -0.25) is 0 Å². The third-order valence-corrected chi connectivity index (χ3v) is 5.84. The van der Waals surface area contributed by atoms with Crippen LogP contribution in [0.25, 0.3) is 0 Å². The summed E-state index contributed by atoms with van der Waals surface area (Å²) < 4.78 is 26.6. The van der Waals surface area contributed by atoms with Crippen LogP contribution < -0.4 is 4.72 Å². The molecule has 20 heavy (non-hydrogen) atoms. The first kappa shape index (κ1) is 15.5. The molecule has 0 saturated carbocycles. The predicted octanol–water partition coefficient (Wildman–Crippen LogP) is 2.72. The highest BCUT2D eigenvalue weighted by atomic mass is 35.5. The number of aliphatic hydroxyl groups excluding tert-OH is 1. The van der Waals surface area contributed by atoms with Gasteiger partial charge in [0.1, 0.15) is 11.0 Å². The monoisotopic (exact) mass is 331 g/mol. The van der Waals surface area contributed by atoms with Gasteiger partial charge in [0.05, 0.1) is 5.02 Å². The second-order valence-electron chi connectivity index (χ2n) is 4.27. The fourth-order valence-electron chi connectivity index (χ4n) is 1.75. The molecule has 0 aliphatic heterocycles. The maximum absolute atomic E-state index is 12.1. The SMILES string of the molecule is Cc1ccsc1C(O)CNS(=O)(=O)c1ccccc1Cl. The van der Waals surface area contributed by atoms with Crippen molar-refractivity contribution in [2.45, 2.75) is 17.9 Å². The molecule has 1 heterocycles. The molecule has 108 valence electrons. The fourth-order valence-corrected chi connectivity index (χ4v) is 4.22. The van der Waals surface area contributed by atoms with Crippen LogP contribution in [0.2, 0.25) is 5.02 Å². The Morgan fingerprint density at radius 1 is 1.35 bits per heavy atom. The maximum atomic E-state index is 12.1. The van der Waals surface area contributed by atoms with Crippen LogP contribution in [0.3, 0.4) is 0 Å². The van der Waals surface area contributed by atoms with Crippen molar-refractivity contribution in [1.29, 1.82) is 0 Å². The standard InChI is InChI=1S/C13H14ClNO3S2/c1-9-6-7-19-13(9)11(16)8-15-20(17,18)12-5-3-2-4-10(12)14/h2-7,11,15-16H,8H2,1H3. The Labute approximate surface area is 127 Å². The lowest BCUT2D eigenvalue weighted by molar-refractivity contribution is 0.185. The Morgan fingerprint density at radius 2 is 2.05 bits per heavy atom. The van der Waals surface area contributed by atoms with Crippen LogP contribution in [0.15, 0.2) is 40.6 Å². The van der Waals surface area contributed by atoms with Gasteiger partial charge < -0.3 is 5.11 Å². The number of hydrogen-bond donors (Lipinski definition) is 2. The number of rotatable bonds is 5. The second-order valence-corrected chi connectivity index (χ2v) is 7.36. The minimum atomic E-state index is -3.73. The Kier molecular flexibility index (Phi) is 4.82. The zero-order valence-corrected chi connectivity index (χ0v) is 13.1. The molecule has 0 radical (unpaired) electrons. The van der Waals surface area contributed by atoms with Gasteiger partial charge in [0.2, 0.25) is 10.0 Å². The van der Waals surface area contributed by atoms with Crippen molar-refractivity contribution in [3.05, 3.63) is 51.2 Å². The molecule has 1 unspecified atom stereocenters. The third-order valence-electron chi connectivity index (χ3n) is 2.80. The average molecular weight is 332 g/mol. The molecule has 2 N–H and O–H groups in total. The molecule has 1 atom stereocenters. The zero-order chi connectivity index (χ0) is 14.8. The van der Waals surface area contributed by atoms with Gasteiger partial charge in [-0.15, -0.1) is 11.3 Å². The molecule has 4 nitrogen and oxygen atoms in total. The summed E-state index contributed by atoms with van der Waals surface area (Å²) in [5, 5.41) is 12.0. The van der Waals surface area contributed by atoms with Gasteiger partial charge in [-0.05, 0) is 36.1 Å². The van der Waals surface area contributed by atoms with Crippen LogP contribution in [-0.4, -0.2) is 20.1 Å². The van der Waals surface area contributed by atoms with E-state index in [-0.39, 0.29) is 16.5 Å².